The van der Waals surface area contributed by atoms with E-state index in [0.717, 1.165) is 0 Å². The number of rotatable bonds is 12. The molecule has 0 aromatic heterocycles. The van der Waals surface area contributed by atoms with Gasteiger partial charge in [0.1, 0.15) is 24.3 Å². The van der Waals surface area contributed by atoms with Crippen molar-refractivity contribution in [1.29, 1.82) is 0 Å². The number of hydrogen-bond acceptors (Lipinski definition) is 7. The van der Waals surface area contributed by atoms with Crippen LogP contribution >= 0.6 is 22.6 Å². The van der Waals surface area contributed by atoms with Crippen LogP contribution in [0, 0.1) is 9.39 Å². The Morgan fingerprint density at radius 3 is 2.59 bits per heavy atom. The van der Waals surface area contributed by atoms with E-state index in [1.165, 1.54) is 36.3 Å². The van der Waals surface area contributed by atoms with Crippen molar-refractivity contribution in [3.05, 3.63) is 68.6 Å². The zero-order chi connectivity index (χ0) is 28.5. The third-order valence-electron chi connectivity index (χ3n) is 6.31. The maximum atomic E-state index is 13.5. The molecule has 3 atom stereocenters. The van der Waals surface area contributed by atoms with Crippen molar-refractivity contribution < 1.29 is 38.5 Å². The molecule has 39 heavy (non-hydrogen) atoms. The average Bonchev–Trinajstić information content (AvgIpc) is 2.93. The van der Waals surface area contributed by atoms with Crippen LogP contribution in [-0.2, 0) is 16.1 Å². The number of nitrogens with zero attached hydrogens (tertiary/aromatic N) is 1. The van der Waals surface area contributed by atoms with Gasteiger partial charge in [0, 0.05) is 37.1 Å². The quantitative estimate of drug-likeness (QED) is 0.238. The van der Waals surface area contributed by atoms with Crippen molar-refractivity contribution in [2.75, 3.05) is 20.3 Å². The lowest BCUT2D eigenvalue weighted by molar-refractivity contribution is -0.139. The van der Waals surface area contributed by atoms with Gasteiger partial charge in [-0.05, 0) is 64.9 Å². The van der Waals surface area contributed by atoms with Gasteiger partial charge in [-0.15, -0.1) is 0 Å². The molecular formula is C28H32FIN2O7. The van der Waals surface area contributed by atoms with Gasteiger partial charge in [0.15, 0.2) is 11.5 Å². The van der Waals surface area contributed by atoms with E-state index in [1.54, 1.807) is 18.2 Å². The largest absolute Gasteiger partial charge is 0.493 e. The van der Waals surface area contributed by atoms with Gasteiger partial charge in [0.2, 0.25) is 11.8 Å². The van der Waals surface area contributed by atoms with Crippen molar-refractivity contribution in [3.63, 3.8) is 0 Å². The van der Waals surface area contributed by atoms with Gasteiger partial charge < -0.3 is 29.9 Å². The van der Waals surface area contributed by atoms with Crippen LogP contribution in [0.25, 0.3) is 0 Å². The van der Waals surface area contributed by atoms with Gasteiger partial charge in [-0.2, -0.15) is 0 Å². The molecule has 2 aromatic rings. The van der Waals surface area contributed by atoms with E-state index in [2.05, 4.69) is 5.32 Å². The van der Waals surface area contributed by atoms with E-state index in [9.17, 15) is 29.0 Å². The highest BCUT2D eigenvalue weighted by Crippen LogP contribution is 2.37. The van der Waals surface area contributed by atoms with E-state index in [0.29, 0.717) is 27.4 Å². The second kappa shape index (κ2) is 14.4. The number of nitrogens with one attached hydrogen (secondary N) is 1. The molecule has 0 saturated heterocycles. The summed E-state index contributed by atoms with van der Waals surface area (Å²) in [5.41, 5.74) is 1.31. The standard InChI is InChI=1S/C28H32FIN2O7/c1-3-4-25(35)32(15-17-5-7-20(29)8-6-17)22-13-19(28(37)31-9-10-33)14-23(26(22)36)39-27-21(30)11-18(16-34)12-24(27)38-2/h5-8,11-12,14,16,22-23,26,33,36H,3-4,9-10,13,15H2,1-2H3,(H,31,37)/t22-,23+,26+/m1/s1. The number of methoxy groups -OCH3 is 1. The molecule has 3 rings (SSSR count). The Morgan fingerprint density at radius 2 is 1.97 bits per heavy atom. The minimum absolute atomic E-state index is 0.0296. The van der Waals surface area contributed by atoms with Crippen LogP contribution in [0.2, 0.25) is 0 Å². The fourth-order valence-corrected chi connectivity index (χ4v) is 5.12. The highest BCUT2D eigenvalue weighted by Gasteiger charge is 2.40. The molecule has 3 N–H and O–H groups in total. The van der Waals surface area contributed by atoms with Crippen LogP contribution in [-0.4, -0.2) is 71.7 Å². The number of aliphatic hydroxyl groups excluding tert-OH is 2. The summed E-state index contributed by atoms with van der Waals surface area (Å²) in [4.78, 5) is 39.1. The molecule has 0 heterocycles. The highest BCUT2D eigenvalue weighted by molar-refractivity contribution is 14.1. The second-order valence-electron chi connectivity index (χ2n) is 9.07. The molecule has 210 valence electrons. The molecule has 9 nitrogen and oxygen atoms in total. The summed E-state index contributed by atoms with van der Waals surface area (Å²) < 4.78 is 25.7. The summed E-state index contributed by atoms with van der Waals surface area (Å²) in [5, 5.41) is 23.3. The molecule has 1 aliphatic rings. The first-order chi connectivity index (χ1) is 18.7. The average molecular weight is 654 g/mol. The third-order valence-corrected chi connectivity index (χ3v) is 7.11. The summed E-state index contributed by atoms with van der Waals surface area (Å²) >= 11 is 1.99. The van der Waals surface area contributed by atoms with Gasteiger partial charge in [0.25, 0.3) is 0 Å². The minimum atomic E-state index is -1.24. The van der Waals surface area contributed by atoms with Gasteiger partial charge in [-0.3, -0.25) is 14.4 Å². The summed E-state index contributed by atoms with van der Waals surface area (Å²) in [7, 11) is 1.42. The molecular weight excluding hydrogens is 622 g/mol. The number of aldehydes is 1. The van der Waals surface area contributed by atoms with Gasteiger partial charge in [-0.25, -0.2) is 4.39 Å². The second-order valence-corrected chi connectivity index (χ2v) is 10.2. The molecule has 0 fully saturated rings. The van der Waals surface area contributed by atoms with E-state index < -0.39 is 30.0 Å². The summed E-state index contributed by atoms with van der Waals surface area (Å²) in [6.45, 7) is 1.73. The lowest BCUT2D eigenvalue weighted by Gasteiger charge is -2.40. The molecule has 2 aromatic carbocycles. The first-order valence-electron chi connectivity index (χ1n) is 12.5. The number of amides is 2. The van der Waals surface area contributed by atoms with E-state index in [1.807, 2.05) is 29.5 Å². The van der Waals surface area contributed by atoms with Gasteiger partial charge in [-0.1, -0.05) is 19.1 Å². The normalized spacial score (nSPS) is 18.6. The lowest BCUT2D eigenvalue weighted by Crippen LogP contribution is -2.54. The fraction of sp³-hybridized carbons (Fsp3) is 0.393. The Morgan fingerprint density at radius 1 is 1.26 bits per heavy atom. The summed E-state index contributed by atoms with van der Waals surface area (Å²) in [6, 6.07) is 7.98. The smallest absolute Gasteiger partial charge is 0.247 e. The van der Waals surface area contributed by atoms with Crippen molar-refractivity contribution in [2.45, 2.75) is 51.0 Å². The summed E-state index contributed by atoms with van der Waals surface area (Å²) in [5.74, 6) is -0.569. The van der Waals surface area contributed by atoms with Crippen molar-refractivity contribution in [1.82, 2.24) is 10.2 Å². The predicted octanol–water partition coefficient (Wildman–Crippen LogP) is 3.00. The van der Waals surface area contributed by atoms with Crippen molar-refractivity contribution >= 4 is 40.7 Å². The molecule has 0 unspecified atom stereocenters. The van der Waals surface area contributed by atoms with Crippen LogP contribution in [0.3, 0.4) is 0 Å². The van der Waals surface area contributed by atoms with E-state index in [4.69, 9.17) is 9.47 Å². The maximum absolute atomic E-state index is 13.5. The van der Waals surface area contributed by atoms with Crippen LogP contribution < -0.4 is 14.8 Å². The fourth-order valence-electron chi connectivity index (χ4n) is 4.37. The predicted molar refractivity (Wildman–Crippen MR) is 150 cm³/mol. The van der Waals surface area contributed by atoms with Crippen LogP contribution in [0.1, 0.15) is 42.1 Å². The molecule has 0 spiro atoms. The number of carbonyl (C=O) groups is 3. The number of ether oxygens (including phenoxy) is 2. The highest BCUT2D eigenvalue weighted by atomic mass is 127. The molecule has 0 aliphatic heterocycles. The topological polar surface area (TPSA) is 125 Å². The van der Waals surface area contributed by atoms with E-state index >= 15 is 0 Å². The number of halogens is 2. The first kappa shape index (κ1) is 30.5. The minimum Gasteiger partial charge on any atom is -0.493 e. The number of benzene rings is 2. The first-order valence-corrected chi connectivity index (χ1v) is 13.6. The SMILES string of the molecule is CCCC(=O)N(Cc1ccc(F)cc1)[C@@H]1CC(C(=O)NCCO)=C[C@H](Oc2c(I)cc(C=O)cc2OC)[C@H]1O. The Kier molecular flexibility index (Phi) is 11.3. The van der Waals surface area contributed by atoms with Gasteiger partial charge >= 0.3 is 0 Å². The Labute approximate surface area is 240 Å². The number of aliphatic hydroxyl groups is 2. The van der Waals surface area contributed by atoms with Crippen LogP contribution in [0.5, 0.6) is 11.5 Å². The maximum Gasteiger partial charge on any atom is 0.247 e. The molecule has 0 saturated carbocycles. The summed E-state index contributed by atoms with van der Waals surface area (Å²) in [6.07, 6.45) is 0.686. The number of carbonyl (C=O) groups excluding carboxylic acids is 3. The molecule has 11 heteroatoms. The molecule has 0 radical (unpaired) electrons. The molecule has 2 amide bonds. The molecule has 0 bridgehead atoms. The lowest BCUT2D eigenvalue weighted by atomic mass is 9.87. The third kappa shape index (κ3) is 7.76. The zero-order valence-corrected chi connectivity index (χ0v) is 23.9. The van der Waals surface area contributed by atoms with Gasteiger partial charge in [0.05, 0.1) is 23.3 Å². The Balaban J connectivity index is 2.03. The zero-order valence-electron chi connectivity index (χ0n) is 21.7. The molecule has 1 aliphatic carbocycles. The number of hydrogen-bond donors (Lipinski definition) is 3. The van der Waals surface area contributed by atoms with Crippen molar-refractivity contribution in [2.24, 2.45) is 0 Å². The van der Waals surface area contributed by atoms with E-state index in [-0.39, 0.29) is 55.5 Å². The van der Waals surface area contributed by atoms with Crippen LogP contribution in [0.15, 0.2) is 48.0 Å². The van der Waals surface area contributed by atoms with Crippen LogP contribution in [0.4, 0.5) is 4.39 Å². The Bertz CT molecular complexity index is 1210. The Hall–Kier alpha value is -3.03. The monoisotopic (exact) mass is 654 g/mol. The van der Waals surface area contributed by atoms with Crippen molar-refractivity contribution in [3.8, 4) is 11.5 Å².